The lowest BCUT2D eigenvalue weighted by Gasteiger charge is -2.08. The molecule has 104 valence electrons. The van der Waals surface area contributed by atoms with Crippen LogP contribution in [0.3, 0.4) is 0 Å². The van der Waals surface area contributed by atoms with E-state index >= 15 is 0 Å². The van der Waals surface area contributed by atoms with Crippen molar-refractivity contribution in [2.24, 2.45) is 16.7 Å². The van der Waals surface area contributed by atoms with E-state index in [9.17, 15) is 9.90 Å². The van der Waals surface area contributed by atoms with Gasteiger partial charge in [-0.3, -0.25) is 4.79 Å². The van der Waals surface area contributed by atoms with Crippen molar-refractivity contribution in [3.05, 3.63) is 28.8 Å². The number of amides is 1. The van der Waals surface area contributed by atoms with Gasteiger partial charge in [-0.25, -0.2) is 0 Å². The molecular formula is C15H20ClNO2. The van der Waals surface area contributed by atoms with Gasteiger partial charge in [0.25, 0.3) is 5.91 Å². The quantitative estimate of drug-likeness (QED) is 0.891. The molecule has 0 aliphatic heterocycles. The molecule has 1 aliphatic rings. The highest BCUT2D eigenvalue weighted by molar-refractivity contribution is 6.31. The second-order valence-electron chi connectivity index (χ2n) is 6.37. The maximum Gasteiger partial charge on any atom is 0.255 e. The van der Waals surface area contributed by atoms with Crippen molar-refractivity contribution in [1.82, 2.24) is 5.32 Å². The van der Waals surface area contributed by atoms with Crippen molar-refractivity contribution in [2.75, 3.05) is 6.54 Å². The second kappa shape index (κ2) is 4.41. The van der Waals surface area contributed by atoms with Crippen LogP contribution in [0.5, 0.6) is 5.75 Å². The van der Waals surface area contributed by atoms with Crippen molar-refractivity contribution in [1.29, 1.82) is 0 Å². The second-order valence-corrected chi connectivity index (χ2v) is 6.80. The van der Waals surface area contributed by atoms with Crippen LogP contribution < -0.4 is 5.32 Å². The minimum atomic E-state index is -0.279. The summed E-state index contributed by atoms with van der Waals surface area (Å²) >= 11 is 5.84. The zero-order valence-corrected chi connectivity index (χ0v) is 12.5. The number of halogens is 1. The first-order valence-corrected chi connectivity index (χ1v) is 6.82. The number of carbonyl (C=O) groups excluding carboxylic acids is 1. The van der Waals surface area contributed by atoms with Crippen LogP contribution in [0.1, 0.15) is 38.1 Å². The van der Waals surface area contributed by atoms with Gasteiger partial charge in [-0.05, 0) is 34.9 Å². The van der Waals surface area contributed by atoms with Gasteiger partial charge < -0.3 is 10.4 Å². The molecular weight excluding hydrogens is 262 g/mol. The van der Waals surface area contributed by atoms with E-state index in [1.165, 1.54) is 12.1 Å². The van der Waals surface area contributed by atoms with Crippen molar-refractivity contribution < 1.29 is 9.90 Å². The summed E-state index contributed by atoms with van der Waals surface area (Å²) < 4.78 is 0. The summed E-state index contributed by atoms with van der Waals surface area (Å²) in [5.74, 6) is 0.125. The van der Waals surface area contributed by atoms with Crippen LogP contribution in [-0.4, -0.2) is 17.6 Å². The Morgan fingerprint density at radius 1 is 1.32 bits per heavy atom. The van der Waals surface area contributed by atoms with Crippen molar-refractivity contribution >= 4 is 17.5 Å². The predicted octanol–water partition coefficient (Wildman–Crippen LogP) is 3.46. The minimum absolute atomic E-state index is 0.0452. The molecule has 0 radical (unpaired) electrons. The number of phenols is 1. The molecule has 2 N–H and O–H groups in total. The molecule has 3 nitrogen and oxygen atoms in total. The van der Waals surface area contributed by atoms with Gasteiger partial charge in [0.05, 0.1) is 5.56 Å². The van der Waals surface area contributed by atoms with Crippen LogP contribution in [0.4, 0.5) is 0 Å². The lowest BCUT2D eigenvalue weighted by atomic mass is 10.0. The number of carbonyl (C=O) groups is 1. The summed E-state index contributed by atoms with van der Waals surface area (Å²) in [7, 11) is 0. The number of benzene rings is 1. The highest BCUT2D eigenvalue weighted by Crippen LogP contribution is 2.67. The monoisotopic (exact) mass is 281 g/mol. The van der Waals surface area contributed by atoms with Crippen LogP contribution in [-0.2, 0) is 0 Å². The lowest BCUT2D eigenvalue weighted by molar-refractivity contribution is 0.0947. The Morgan fingerprint density at radius 2 is 1.89 bits per heavy atom. The van der Waals surface area contributed by atoms with Gasteiger partial charge >= 0.3 is 0 Å². The molecule has 1 fully saturated rings. The number of nitrogens with one attached hydrogen (secondary N) is 1. The van der Waals surface area contributed by atoms with Crippen LogP contribution in [0, 0.1) is 16.7 Å². The molecule has 1 saturated carbocycles. The first-order chi connectivity index (χ1) is 8.68. The molecule has 0 atom stereocenters. The van der Waals surface area contributed by atoms with Crippen molar-refractivity contribution in [3.63, 3.8) is 0 Å². The fourth-order valence-corrected chi connectivity index (χ4v) is 3.00. The zero-order valence-electron chi connectivity index (χ0n) is 11.7. The lowest BCUT2D eigenvalue weighted by Crippen LogP contribution is -2.27. The molecule has 2 rings (SSSR count). The summed E-state index contributed by atoms with van der Waals surface area (Å²) in [4.78, 5) is 12.0. The average molecular weight is 282 g/mol. The van der Waals surface area contributed by atoms with Gasteiger partial charge in [-0.1, -0.05) is 39.3 Å². The Balaban J connectivity index is 2.02. The molecule has 0 spiro atoms. The average Bonchev–Trinajstić information content (AvgIpc) is 2.70. The smallest absolute Gasteiger partial charge is 0.255 e. The van der Waals surface area contributed by atoms with E-state index in [0.717, 1.165) is 0 Å². The molecule has 0 bridgehead atoms. The van der Waals surface area contributed by atoms with Gasteiger partial charge in [0.2, 0.25) is 0 Å². The van der Waals surface area contributed by atoms with Crippen LogP contribution in [0.25, 0.3) is 0 Å². The van der Waals surface area contributed by atoms with Gasteiger partial charge in [0.1, 0.15) is 5.75 Å². The summed E-state index contributed by atoms with van der Waals surface area (Å²) in [6.45, 7) is 9.45. The van der Waals surface area contributed by atoms with Gasteiger partial charge in [-0.15, -0.1) is 0 Å². The van der Waals surface area contributed by atoms with E-state index in [2.05, 4.69) is 33.0 Å². The Bertz CT molecular complexity index is 509. The largest absolute Gasteiger partial charge is 0.507 e. The van der Waals surface area contributed by atoms with Crippen molar-refractivity contribution in [2.45, 2.75) is 27.7 Å². The fraction of sp³-hybridized carbons (Fsp3) is 0.533. The van der Waals surface area contributed by atoms with E-state index < -0.39 is 0 Å². The van der Waals surface area contributed by atoms with E-state index in [0.29, 0.717) is 17.5 Å². The first kappa shape index (κ1) is 14.2. The molecule has 1 aliphatic carbocycles. The standard InChI is InChI=1S/C15H20ClNO2/c1-14(2)12(15(14,3)4)8-17-13(19)10-7-9(16)5-6-11(10)18/h5-7,12,18H,8H2,1-4H3,(H,17,19). The van der Waals surface area contributed by atoms with Crippen LogP contribution in [0.2, 0.25) is 5.02 Å². The molecule has 0 aromatic heterocycles. The minimum Gasteiger partial charge on any atom is -0.507 e. The number of phenolic OH excluding ortho intramolecular Hbond substituents is 1. The SMILES string of the molecule is CC1(C)C(CNC(=O)c2cc(Cl)ccc2O)C1(C)C. The van der Waals surface area contributed by atoms with Crippen LogP contribution >= 0.6 is 11.6 Å². The highest BCUT2D eigenvalue weighted by Gasteiger charge is 2.64. The summed E-state index contributed by atoms with van der Waals surface area (Å²) in [6, 6.07) is 4.47. The number of rotatable bonds is 3. The normalized spacial score (nSPS) is 20.1. The summed E-state index contributed by atoms with van der Waals surface area (Å²) in [5, 5.41) is 13.0. The Morgan fingerprint density at radius 3 is 2.42 bits per heavy atom. The van der Waals surface area contributed by atoms with Gasteiger partial charge in [-0.2, -0.15) is 0 Å². The number of hydrogen-bond acceptors (Lipinski definition) is 2. The van der Waals surface area contributed by atoms with E-state index in [1.54, 1.807) is 6.07 Å². The first-order valence-electron chi connectivity index (χ1n) is 6.44. The summed E-state index contributed by atoms with van der Waals surface area (Å²) in [6.07, 6.45) is 0. The molecule has 19 heavy (non-hydrogen) atoms. The number of hydrogen-bond donors (Lipinski definition) is 2. The van der Waals surface area contributed by atoms with E-state index in [4.69, 9.17) is 11.6 Å². The third kappa shape index (κ3) is 2.32. The van der Waals surface area contributed by atoms with E-state index in [-0.39, 0.29) is 28.1 Å². The van der Waals surface area contributed by atoms with Gasteiger partial charge in [0.15, 0.2) is 0 Å². The van der Waals surface area contributed by atoms with E-state index in [1.807, 2.05) is 0 Å². The Hall–Kier alpha value is -1.22. The molecule has 1 aromatic rings. The maximum absolute atomic E-state index is 12.0. The van der Waals surface area contributed by atoms with Crippen LogP contribution in [0.15, 0.2) is 18.2 Å². The van der Waals surface area contributed by atoms with Crippen molar-refractivity contribution in [3.8, 4) is 5.75 Å². The fourth-order valence-electron chi connectivity index (χ4n) is 2.82. The Labute approximate surface area is 119 Å². The predicted molar refractivity (Wildman–Crippen MR) is 76.5 cm³/mol. The number of aromatic hydroxyl groups is 1. The highest BCUT2D eigenvalue weighted by atomic mass is 35.5. The topological polar surface area (TPSA) is 49.3 Å². The maximum atomic E-state index is 12.0. The molecule has 4 heteroatoms. The third-order valence-corrected chi connectivity index (χ3v) is 5.22. The molecule has 0 heterocycles. The molecule has 0 saturated heterocycles. The molecule has 1 amide bonds. The van der Waals surface area contributed by atoms with Gasteiger partial charge in [0, 0.05) is 11.6 Å². The zero-order chi connectivity index (χ0) is 14.4. The Kier molecular flexibility index (Phi) is 3.29. The molecule has 1 aromatic carbocycles. The third-order valence-electron chi connectivity index (χ3n) is 4.99. The summed E-state index contributed by atoms with van der Waals surface area (Å²) in [5.41, 5.74) is 0.691. The molecule has 0 unspecified atom stereocenters.